The number of aromatic nitrogens is 1. The van der Waals surface area contributed by atoms with Gasteiger partial charge in [-0.2, -0.15) is 0 Å². The fourth-order valence-electron chi connectivity index (χ4n) is 1.98. The summed E-state index contributed by atoms with van der Waals surface area (Å²) in [5.74, 6) is 0. The SMILES string of the molecule is CC(N[C@@H](C)c1cccc(Br)c1)c1cccnc1. The molecule has 2 aromatic rings. The Kier molecular flexibility index (Phi) is 4.50. The van der Waals surface area contributed by atoms with Gasteiger partial charge >= 0.3 is 0 Å². The van der Waals surface area contributed by atoms with Gasteiger partial charge < -0.3 is 5.32 Å². The highest BCUT2D eigenvalue weighted by atomic mass is 79.9. The lowest BCUT2D eigenvalue weighted by atomic mass is 10.1. The molecule has 3 heteroatoms. The number of hydrogen-bond acceptors (Lipinski definition) is 2. The second-order valence-corrected chi connectivity index (χ2v) is 5.37. The van der Waals surface area contributed by atoms with Crippen LogP contribution in [-0.2, 0) is 0 Å². The largest absolute Gasteiger partial charge is 0.304 e. The molecule has 1 unspecified atom stereocenters. The van der Waals surface area contributed by atoms with E-state index in [1.165, 1.54) is 11.1 Å². The molecule has 2 nitrogen and oxygen atoms in total. The molecule has 0 saturated heterocycles. The van der Waals surface area contributed by atoms with Crippen molar-refractivity contribution in [1.29, 1.82) is 0 Å². The third kappa shape index (κ3) is 3.40. The van der Waals surface area contributed by atoms with Crippen LogP contribution in [0, 0.1) is 0 Å². The van der Waals surface area contributed by atoms with Crippen LogP contribution in [0.15, 0.2) is 53.3 Å². The Labute approximate surface area is 117 Å². The van der Waals surface area contributed by atoms with Gasteiger partial charge in [-0.3, -0.25) is 4.98 Å². The van der Waals surface area contributed by atoms with E-state index in [1.54, 1.807) is 6.20 Å². The van der Waals surface area contributed by atoms with Crippen LogP contribution >= 0.6 is 15.9 Å². The van der Waals surface area contributed by atoms with E-state index in [0.29, 0.717) is 6.04 Å². The zero-order valence-corrected chi connectivity index (χ0v) is 12.2. The van der Waals surface area contributed by atoms with Gasteiger partial charge in [0.25, 0.3) is 0 Å². The van der Waals surface area contributed by atoms with Gasteiger partial charge in [-0.15, -0.1) is 0 Å². The lowest BCUT2D eigenvalue weighted by Crippen LogP contribution is -2.22. The van der Waals surface area contributed by atoms with Crippen molar-refractivity contribution in [3.8, 4) is 0 Å². The minimum atomic E-state index is 0.285. The maximum absolute atomic E-state index is 4.15. The van der Waals surface area contributed by atoms with Crippen LogP contribution in [0.25, 0.3) is 0 Å². The van der Waals surface area contributed by atoms with E-state index >= 15 is 0 Å². The molecular weight excluding hydrogens is 288 g/mol. The van der Waals surface area contributed by atoms with Crippen molar-refractivity contribution in [2.45, 2.75) is 25.9 Å². The van der Waals surface area contributed by atoms with E-state index in [9.17, 15) is 0 Å². The van der Waals surface area contributed by atoms with E-state index < -0.39 is 0 Å². The number of benzene rings is 1. The molecule has 0 saturated carbocycles. The zero-order valence-electron chi connectivity index (χ0n) is 10.6. The molecule has 1 aromatic heterocycles. The fraction of sp³-hybridized carbons (Fsp3) is 0.267. The summed E-state index contributed by atoms with van der Waals surface area (Å²) in [5, 5.41) is 3.58. The maximum atomic E-state index is 4.15. The van der Waals surface area contributed by atoms with Crippen molar-refractivity contribution in [2.24, 2.45) is 0 Å². The van der Waals surface area contributed by atoms with Crippen LogP contribution in [-0.4, -0.2) is 4.98 Å². The Balaban J connectivity index is 2.05. The van der Waals surface area contributed by atoms with Crippen LogP contribution in [0.1, 0.15) is 37.1 Å². The molecule has 1 aromatic carbocycles. The Morgan fingerprint density at radius 1 is 1.06 bits per heavy atom. The van der Waals surface area contributed by atoms with E-state index in [2.05, 4.69) is 64.3 Å². The molecule has 1 N–H and O–H groups in total. The van der Waals surface area contributed by atoms with Gasteiger partial charge in [0.05, 0.1) is 0 Å². The summed E-state index contributed by atoms with van der Waals surface area (Å²) in [5.41, 5.74) is 2.49. The van der Waals surface area contributed by atoms with Crippen molar-refractivity contribution in [2.75, 3.05) is 0 Å². The first-order valence-electron chi connectivity index (χ1n) is 6.08. The van der Waals surface area contributed by atoms with E-state index in [-0.39, 0.29) is 6.04 Å². The van der Waals surface area contributed by atoms with E-state index in [1.807, 2.05) is 18.3 Å². The minimum absolute atomic E-state index is 0.285. The maximum Gasteiger partial charge on any atom is 0.0315 e. The lowest BCUT2D eigenvalue weighted by Gasteiger charge is -2.20. The summed E-state index contributed by atoms with van der Waals surface area (Å²) in [6, 6.07) is 13.0. The third-order valence-corrected chi connectivity index (χ3v) is 3.53. The summed E-state index contributed by atoms with van der Waals surface area (Å²) in [6.45, 7) is 4.33. The predicted octanol–water partition coefficient (Wildman–Crippen LogP) is 4.26. The normalized spacial score (nSPS) is 14.2. The first-order valence-corrected chi connectivity index (χ1v) is 6.87. The summed E-state index contributed by atoms with van der Waals surface area (Å²) < 4.78 is 1.11. The molecule has 0 spiro atoms. The van der Waals surface area contributed by atoms with Gasteiger partial charge in [0.15, 0.2) is 0 Å². The van der Waals surface area contributed by atoms with Crippen LogP contribution in [0.4, 0.5) is 0 Å². The minimum Gasteiger partial charge on any atom is -0.304 e. The Hall–Kier alpha value is -1.19. The highest BCUT2D eigenvalue weighted by Crippen LogP contribution is 2.21. The Morgan fingerprint density at radius 3 is 2.44 bits per heavy atom. The highest BCUT2D eigenvalue weighted by molar-refractivity contribution is 9.10. The fourth-order valence-corrected chi connectivity index (χ4v) is 2.39. The van der Waals surface area contributed by atoms with Gasteiger partial charge in [-0.1, -0.05) is 34.1 Å². The standard InChI is InChI=1S/C15H17BrN2/c1-11(13-5-3-7-15(16)9-13)18-12(2)14-6-4-8-17-10-14/h3-12,18H,1-2H3/t11-,12?/m0/s1. The lowest BCUT2D eigenvalue weighted by molar-refractivity contribution is 0.493. The number of nitrogens with zero attached hydrogens (tertiary/aromatic N) is 1. The molecule has 0 fully saturated rings. The number of hydrogen-bond donors (Lipinski definition) is 1. The topological polar surface area (TPSA) is 24.9 Å². The summed E-state index contributed by atoms with van der Waals surface area (Å²) in [6.07, 6.45) is 3.71. The molecule has 0 aliphatic heterocycles. The molecule has 18 heavy (non-hydrogen) atoms. The number of nitrogens with one attached hydrogen (secondary N) is 1. The molecular formula is C15H17BrN2. The molecule has 0 amide bonds. The molecule has 0 radical (unpaired) electrons. The van der Waals surface area contributed by atoms with Crippen molar-refractivity contribution in [1.82, 2.24) is 10.3 Å². The molecule has 2 rings (SSSR count). The molecule has 0 aliphatic carbocycles. The predicted molar refractivity (Wildman–Crippen MR) is 78.3 cm³/mol. The van der Waals surface area contributed by atoms with Gasteiger partial charge in [-0.05, 0) is 43.2 Å². The monoisotopic (exact) mass is 304 g/mol. The Bertz CT molecular complexity index is 499. The van der Waals surface area contributed by atoms with Gasteiger partial charge in [0.1, 0.15) is 0 Å². The average molecular weight is 305 g/mol. The average Bonchev–Trinajstić information content (AvgIpc) is 2.39. The second-order valence-electron chi connectivity index (χ2n) is 4.45. The van der Waals surface area contributed by atoms with Gasteiger partial charge in [0, 0.05) is 29.0 Å². The van der Waals surface area contributed by atoms with Crippen LogP contribution < -0.4 is 5.32 Å². The first kappa shape index (κ1) is 13.2. The summed E-state index contributed by atoms with van der Waals surface area (Å²) >= 11 is 3.50. The van der Waals surface area contributed by atoms with Crippen molar-refractivity contribution in [3.05, 3.63) is 64.4 Å². The third-order valence-electron chi connectivity index (χ3n) is 3.03. The summed E-state index contributed by atoms with van der Waals surface area (Å²) in [7, 11) is 0. The smallest absolute Gasteiger partial charge is 0.0315 e. The van der Waals surface area contributed by atoms with Gasteiger partial charge in [0.2, 0.25) is 0 Å². The van der Waals surface area contributed by atoms with Crippen LogP contribution in [0.5, 0.6) is 0 Å². The number of halogens is 1. The van der Waals surface area contributed by atoms with Crippen LogP contribution in [0.2, 0.25) is 0 Å². The quantitative estimate of drug-likeness (QED) is 0.913. The van der Waals surface area contributed by atoms with Crippen LogP contribution in [0.3, 0.4) is 0 Å². The van der Waals surface area contributed by atoms with Gasteiger partial charge in [-0.25, -0.2) is 0 Å². The van der Waals surface area contributed by atoms with Crippen molar-refractivity contribution >= 4 is 15.9 Å². The number of pyridine rings is 1. The first-order chi connectivity index (χ1) is 8.66. The van der Waals surface area contributed by atoms with E-state index in [4.69, 9.17) is 0 Å². The second kappa shape index (κ2) is 6.12. The summed E-state index contributed by atoms with van der Waals surface area (Å²) in [4.78, 5) is 4.15. The highest BCUT2D eigenvalue weighted by Gasteiger charge is 2.11. The Morgan fingerprint density at radius 2 is 1.78 bits per heavy atom. The molecule has 0 aliphatic rings. The zero-order chi connectivity index (χ0) is 13.0. The van der Waals surface area contributed by atoms with Crippen molar-refractivity contribution < 1.29 is 0 Å². The molecule has 0 bridgehead atoms. The number of rotatable bonds is 4. The van der Waals surface area contributed by atoms with Crippen molar-refractivity contribution in [3.63, 3.8) is 0 Å². The molecule has 2 atom stereocenters. The van der Waals surface area contributed by atoms with E-state index in [0.717, 1.165) is 4.47 Å². The molecule has 94 valence electrons. The molecule has 1 heterocycles.